The Balaban J connectivity index is 1.20. The Morgan fingerprint density at radius 1 is 0.935 bits per heavy atom. The molecular formula is C25H21ClN2O2S. The number of para-hydroxylation sites is 1. The highest BCUT2D eigenvalue weighted by atomic mass is 35.5. The smallest absolute Gasteiger partial charge is 0.274 e. The number of carbonyl (C=O) groups is 1. The van der Waals surface area contributed by atoms with Gasteiger partial charge in [-0.15, -0.1) is 0 Å². The molecule has 0 saturated carbocycles. The van der Waals surface area contributed by atoms with Crippen molar-refractivity contribution >= 4 is 39.1 Å². The van der Waals surface area contributed by atoms with Crippen LogP contribution in [0.15, 0.2) is 72.8 Å². The summed E-state index contributed by atoms with van der Waals surface area (Å²) in [6.07, 6.45) is 1.64. The van der Waals surface area contributed by atoms with Crippen molar-refractivity contribution in [3.05, 3.63) is 83.4 Å². The van der Waals surface area contributed by atoms with Crippen LogP contribution in [0.25, 0.3) is 21.3 Å². The van der Waals surface area contributed by atoms with Crippen molar-refractivity contribution in [2.24, 2.45) is 0 Å². The van der Waals surface area contributed by atoms with E-state index in [1.807, 2.05) is 65.6 Å². The van der Waals surface area contributed by atoms with Crippen molar-refractivity contribution < 1.29 is 9.53 Å². The number of likely N-dealkylation sites (tertiary alicyclic amines) is 1. The number of piperidine rings is 1. The molecule has 0 atom stereocenters. The van der Waals surface area contributed by atoms with Gasteiger partial charge in [0, 0.05) is 31.5 Å². The van der Waals surface area contributed by atoms with Crippen molar-refractivity contribution in [2.75, 3.05) is 13.1 Å². The van der Waals surface area contributed by atoms with Gasteiger partial charge in [-0.2, -0.15) is 0 Å². The molecule has 0 spiro atoms. The molecule has 0 N–H and O–H groups in total. The van der Waals surface area contributed by atoms with Gasteiger partial charge in [-0.1, -0.05) is 71.5 Å². The van der Waals surface area contributed by atoms with Crippen LogP contribution in [0.1, 0.15) is 23.2 Å². The second-order valence-corrected chi connectivity index (χ2v) is 9.02. The van der Waals surface area contributed by atoms with Crippen LogP contribution in [0.4, 0.5) is 0 Å². The number of amides is 1. The van der Waals surface area contributed by atoms with E-state index in [9.17, 15) is 4.79 Å². The van der Waals surface area contributed by atoms with Crippen molar-refractivity contribution in [2.45, 2.75) is 18.9 Å². The number of hydrogen-bond donors (Lipinski definition) is 0. The van der Waals surface area contributed by atoms with Crippen LogP contribution in [0.2, 0.25) is 5.02 Å². The fourth-order valence-electron chi connectivity index (χ4n) is 3.88. The summed E-state index contributed by atoms with van der Waals surface area (Å²) in [6.45, 7) is 1.35. The molecule has 1 amide bonds. The first-order valence-electron chi connectivity index (χ1n) is 10.3. The monoisotopic (exact) mass is 448 g/mol. The van der Waals surface area contributed by atoms with Gasteiger partial charge in [0.15, 0.2) is 0 Å². The Morgan fingerprint density at radius 2 is 1.65 bits per heavy atom. The molecule has 5 rings (SSSR count). The van der Waals surface area contributed by atoms with Crippen LogP contribution in [0.3, 0.4) is 0 Å². The largest absolute Gasteiger partial charge is 0.467 e. The highest BCUT2D eigenvalue weighted by Crippen LogP contribution is 2.33. The number of nitrogens with zero attached hydrogens (tertiary/aromatic N) is 2. The Bertz CT molecular complexity index is 1200. The van der Waals surface area contributed by atoms with E-state index >= 15 is 0 Å². The van der Waals surface area contributed by atoms with Crippen molar-refractivity contribution in [1.29, 1.82) is 0 Å². The van der Waals surface area contributed by atoms with Gasteiger partial charge in [-0.25, -0.2) is 4.98 Å². The molecule has 2 heterocycles. The zero-order valence-corrected chi connectivity index (χ0v) is 18.4. The lowest BCUT2D eigenvalue weighted by molar-refractivity contribution is 0.0595. The predicted molar refractivity (Wildman–Crippen MR) is 126 cm³/mol. The lowest BCUT2D eigenvalue weighted by Gasteiger charge is -2.31. The summed E-state index contributed by atoms with van der Waals surface area (Å²) in [6, 6.07) is 23.8. The van der Waals surface area contributed by atoms with Gasteiger partial charge in [0.25, 0.3) is 11.1 Å². The van der Waals surface area contributed by atoms with E-state index in [2.05, 4.69) is 17.1 Å². The fraction of sp³-hybridized carbons (Fsp3) is 0.200. The fourth-order valence-corrected chi connectivity index (χ4v) is 5.06. The third kappa shape index (κ3) is 4.29. The van der Waals surface area contributed by atoms with E-state index in [1.54, 1.807) is 0 Å². The van der Waals surface area contributed by atoms with Crippen molar-refractivity contribution in [1.82, 2.24) is 9.88 Å². The van der Waals surface area contributed by atoms with Gasteiger partial charge in [0.05, 0.1) is 9.72 Å². The zero-order chi connectivity index (χ0) is 21.2. The minimum atomic E-state index is 0.0591. The summed E-state index contributed by atoms with van der Waals surface area (Å²) in [7, 11) is 0. The summed E-state index contributed by atoms with van der Waals surface area (Å²) in [5.74, 6) is 0.0739. The van der Waals surface area contributed by atoms with E-state index in [0.29, 0.717) is 23.3 Å². The summed E-state index contributed by atoms with van der Waals surface area (Å²) in [5, 5.41) is 1.28. The maximum atomic E-state index is 12.9. The van der Waals surface area contributed by atoms with Gasteiger partial charge in [-0.3, -0.25) is 4.79 Å². The van der Waals surface area contributed by atoms with E-state index < -0.39 is 0 Å². The van der Waals surface area contributed by atoms with Gasteiger partial charge in [0.2, 0.25) is 0 Å². The summed E-state index contributed by atoms with van der Waals surface area (Å²) in [5.41, 5.74) is 3.77. The van der Waals surface area contributed by atoms with Crippen LogP contribution >= 0.6 is 22.9 Å². The lowest BCUT2D eigenvalue weighted by Crippen LogP contribution is -2.41. The van der Waals surface area contributed by atoms with Crippen LogP contribution in [0.5, 0.6) is 5.19 Å². The molecule has 0 bridgehead atoms. The first-order chi connectivity index (χ1) is 15.2. The van der Waals surface area contributed by atoms with Crippen molar-refractivity contribution in [3.8, 4) is 16.3 Å². The standard InChI is InChI=1S/C25H21ClN2O2S/c26-21-7-4-8-22-23(21)27-25(31-22)30-20-13-15-28(16-14-20)24(29)19-11-9-18(10-12-19)17-5-2-1-3-6-17/h1-12,20H,13-16H2. The molecule has 0 radical (unpaired) electrons. The lowest BCUT2D eigenvalue weighted by atomic mass is 10.0. The highest BCUT2D eigenvalue weighted by molar-refractivity contribution is 7.20. The molecule has 156 valence electrons. The molecule has 1 aliphatic heterocycles. The van der Waals surface area contributed by atoms with Gasteiger partial charge in [0.1, 0.15) is 11.6 Å². The van der Waals surface area contributed by atoms with Gasteiger partial charge >= 0.3 is 0 Å². The molecule has 31 heavy (non-hydrogen) atoms. The number of rotatable bonds is 4. The maximum absolute atomic E-state index is 12.9. The Morgan fingerprint density at radius 3 is 2.35 bits per heavy atom. The number of fused-ring (bicyclic) bond motifs is 1. The third-order valence-corrected chi connectivity index (χ3v) is 6.80. The zero-order valence-electron chi connectivity index (χ0n) is 16.8. The van der Waals surface area contributed by atoms with Gasteiger partial charge < -0.3 is 9.64 Å². The first-order valence-corrected chi connectivity index (χ1v) is 11.5. The molecule has 4 aromatic rings. The molecule has 3 aromatic carbocycles. The van der Waals surface area contributed by atoms with E-state index in [4.69, 9.17) is 16.3 Å². The summed E-state index contributed by atoms with van der Waals surface area (Å²) >= 11 is 7.72. The van der Waals surface area contributed by atoms with Crippen molar-refractivity contribution in [3.63, 3.8) is 0 Å². The molecule has 6 heteroatoms. The minimum absolute atomic E-state index is 0.0591. The number of carbonyl (C=O) groups excluding carboxylic acids is 1. The van der Waals surface area contributed by atoms with Crippen LogP contribution in [0, 0.1) is 0 Å². The maximum Gasteiger partial charge on any atom is 0.274 e. The molecule has 0 aliphatic carbocycles. The summed E-state index contributed by atoms with van der Waals surface area (Å²) < 4.78 is 7.13. The van der Waals surface area contributed by atoms with Gasteiger partial charge in [-0.05, 0) is 35.4 Å². The summed E-state index contributed by atoms with van der Waals surface area (Å²) in [4.78, 5) is 19.4. The van der Waals surface area contributed by atoms with Crippen LogP contribution < -0.4 is 4.74 Å². The minimum Gasteiger partial charge on any atom is -0.467 e. The van der Waals surface area contributed by atoms with E-state index in [0.717, 1.165) is 39.7 Å². The average Bonchev–Trinajstić information content (AvgIpc) is 3.24. The number of benzene rings is 3. The number of halogens is 1. The third-order valence-electron chi connectivity index (χ3n) is 5.59. The van der Waals surface area contributed by atoms with Crippen LogP contribution in [-0.4, -0.2) is 35.0 Å². The number of ether oxygens (including phenoxy) is 1. The van der Waals surface area contributed by atoms with Crippen LogP contribution in [-0.2, 0) is 0 Å². The van der Waals surface area contributed by atoms with E-state index in [-0.39, 0.29) is 12.0 Å². The molecule has 1 fully saturated rings. The molecule has 1 aliphatic rings. The number of thiazole rings is 1. The number of hydrogen-bond acceptors (Lipinski definition) is 4. The Hall–Kier alpha value is -2.89. The highest BCUT2D eigenvalue weighted by Gasteiger charge is 2.25. The van der Waals surface area contributed by atoms with E-state index in [1.165, 1.54) is 11.3 Å². The second-order valence-electron chi connectivity index (χ2n) is 7.62. The normalized spacial score (nSPS) is 14.7. The first kappa shape index (κ1) is 20.0. The second kappa shape index (κ2) is 8.69. The molecule has 1 aromatic heterocycles. The molecule has 4 nitrogen and oxygen atoms in total. The molecule has 0 unspecified atom stereocenters. The average molecular weight is 449 g/mol. The Kier molecular flexibility index (Phi) is 5.62. The number of aromatic nitrogens is 1. The topological polar surface area (TPSA) is 42.4 Å². The quantitative estimate of drug-likeness (QED) is 0.368. The SMILES string of the molecule is O=C(c1ccc(-c2ccccc2)cc1)N1CCC(Oc2nc3c(Cl)cccc3s2)CC1. The molecule has 1 saturated heterocycles. The Labute approximate surface area is 190 Å². The predicted octanol–water partition coefficient (Wildman–Crippen LogP) is 6.30. The molecular weight excluding hydrogens is 428 g/mol.